The first-order chi connectivity index (χ1) is 9.83. The third-order valence-electron chi connectivity index (χ3n) is 4.17. The Balaban J connectivity index is 2.29. The molecule has 120 valence electrons. The van der Waals surface area contributed by atoms with Crippen LogP contribution in [0.1, 0.15) is 71.6 Å². The lowest BCUT2D eigenvalue weighted by Crippen LogP contribution is -2.43. The highest BCUT2D eigenvalue weighted by molar-refractivity contribution is 4.85. The molecule has 0 radical (unpaired) electrons. The molecule has 1 saturated carbocycles. The Morgan fingerprint density at radius 2 is 1.65 bits per heavy atom. The summed E-state index contributed by atoms with van der Waals surface area (Å²) in [6, 6.07) is 0. The molecule has 0 spiro atoms. The minimum absolute atomic E-state index is 0.0692. The molecule has 3 nitrogen and oxygen atoms in total. The van der Waals surface area contributed by atoms with Gasteiger partial charge in [0.2, 0.25) is 0 Å². The van der Waals surface area contributed by atoms with Crippen LogP contribution in [0.3, 0.4) is 0 Å². The number of nitrogens with one attached hydrogen (secondary N) is 1. The van der Waals surface area contributed by atoms with Crippen molar-refractivity contribution in [3.8, 4) is 0 Å². The van der Waals surface area contributed by atoms with Crippen LogP contribution in [0, 0.1) is 0 Å². The minimum Gasteiger partial charge on any atom is -0.379 e. The van der Waals surface area contributed by atoms with Gasteiger partial charge in [0.25, 0.3) is 0 Å². The van der Waals surface area contributed by atoms with Crippen molar-refractivity contribution in [1.29, 1.82) is 0 Å². The van der Waals surface area contributed by atoms with E-state index in [1.165, 1.54) is 51.4 Å². The quantitative estimate of drug-likeness (QED) is 0.461. The summed E-state index contributed by atoms with van der Waals surface area (Å²) in [6.07, 6.45) is 11.3. The lowest BCUT2D eigenvalue weighted by Gasteiger charge is -2.33. The van der Waals surface area contributed by atoms with E-state index < -0.39 is 0 Å². The summed E-state index contributed by atoms with van der Waals surface area (Å²) in [6.45, 7) is 8.89. The predicted octanol–water partition coefficient (Wildman–Crippen LogP) is 3.91. The molecule has 1 rings (SSSR count). The van der Waals surface area contributed by atoms with Crippen molar-refractivity contribution < 1.29 is 9.47 Å². The monoisotopic (exact) mass is 285 g/mol. The molecule has 3 heteroatoms. The summed E-state index contributed by atoms with van der Waals surface area (Å²) < 4.78 is 11.9. The third kappa shape index (κ3) is 7.61. The molecule has 1 N–H and O–H groups in total. The number of hydrogen-bond donors (Lipinski definition) is 1. The van der Waals surface area contributed by atoms with Gasteiger partial charge in [-0.25, -0.2) is 0 Å². The smallest absolute Gasteiger partial charge is 0.0807 e. The molecule has 0 aliphatic heterocycles. The van der Waals surface area contributed by atoms with Gasteiger partial charge in [0.15, 0.2) is 0 Å². The zero-order chi connectivity index (χ0) is 14.5. The Kier molecular flexibility index (Phi) is 10.3. The highest BCUT2D eigenvalue weighted by Gasteiger charge is 2.31. The molecule has 1 aliphatic carbocycles. The predicted molar refractivity (Wildman–Crippen MR) is 85.3 cm³/mol. The SMILES string of the molecule is CCCCOCCOC1(CNCCC)CCCCCC1. The van der Waals surface area contributed by atoms with Gasteiger partial charge in [-0.2, -0.15) is 0 Å². The molecule has 0 aromatic heterocycles. The fraction of sp³-hybridized carbons (Fsp3) is 1.00. The summed E-state index contributed by atoms with van der Waals surface area (Å²) in [7, 11) is 0. The van der Waals surface area contributed by atoms with Crippen LogP contribution in [-0.4, -0.2) is 38.5 Å². The molecule has 0 amide bonds. The van der Waals surface area contributed by atoms with Crippen LogP contribution >= 0.6 is 0 Å². The van der Waals surface area contributed by atoms with Crippen molar-refractivity contribution in [2.45, 2.75) is 77.2 Å². The normalized spacial score (nSPS) is 18.9. The minimum atomic E-state index is 0.0692. The summed E-state index contributed by atoms with van der Waals surface area (Å²) in [4.78, 5) is 0. The van der Waals surface area contributed by atoms with E-state index in [9.17, 15) is 0 Å². The van der Waals surface area contributed by atoms with Gasteiger partial charge in [0.05, 0.1) is 18.8 Å². The van der Waals surface area contributed by atoms with Crippen LogP contribution in [0.25, 0.3) is 0 Å². The molecule has 0 aromatic rings. The van der Waals surface area contributed by atoms with Crippen molar-refractivity contribution in [3.63, 3.8) is 0 Å². The average Bonchev–Trinajstić information content (AvgIpc) is 2.69. The fourth-order valence-corrected chi connectivity index (χ4v) is 2.90. The van der Waals surface area contributed by atoms with E-state index >= 15 is 0 Å². The van der Waals surface area contributed by atoms with Crippen LogP contribution in [0.15, 0.2) is 0 Å². The Bertz CT molecular complexity index is 213. The fourth-order valence-electron chi connectivity index (χ4n) is 2.90. The van der Waals surface area contributed by atoms with Gasteiger partial charge in [0, 0.05) is 13.2 Å². The lowest BCUT2D eigenvalue weighted by molar-refractivity contribution is -0.0752. The Morgan fingerprint density at radius 1 is 0.900 bits per heavy atom. The van der Waals surface area contributed by atoms with E-state index in [2.05, 4.69) is 19.2 Å². The lowest BCUT2D eigenvalue weighted by atomic mass is 9.94. The summed E-state index contributed by atoms with van der Waals surface area (Å²) >= 11 is 0. The molecule has 1 fully saturated rings. The van der Waals surface area contributed by atoms with Crippen LogP contribution in [-0.2, 0) is 9.47 Å². The van der Waals surface area contributed by atoms with E-state index in [0.717, 1.165) is 39.3 Å². The van der Waals surface area contributed by atoms with Gasteiger partial charge in [-0.3, -0.25) is 0 Å². The highest BCUT2D eigenvalue weighted by Crippen LogP contribution is 2.30. The number of rotatable bonds is 11. The first-order valence-electron chi connectivity index (χ1n) is 8.75. The third-order valence-corrected chi connectivity index (χ3v) is 4.17. The second-order valence-corrected chi connectivity index (χ2v) is 6.09. The van der Waals surface area contributed by atoms with Gasteiger partial charge >= 0.3 is 0 Å². The molecule has 0 aromatic carbocycles. The molecular weight excluding hydrogens is 250 g/mol. The maximum atomic E-state index is 6.29. The molecule has 0 saturated heterocycles. The van der Waals surface area contributed by atoms with Crippen LogP contribution in [0.5, 0.6) is 0 Å². The first-order valence-corrected chi connectivity index (χ1v) is 8.75. The van der Waals surface area contributed by atoms with Crippen molar-refractivity contribution in [1.82, 2.24) is 5.32 Å². The van der Waals surface area contributed by atoms with E-state index in [4.69, 9.17) is 9.47 Å². The van der Waals surface area contributed by atoms with Gasteiger partial charge in [-0.15, -0.1) is 0 Å². The molecule has 0 unspecified atom stereocenters. The summed E-state index contributed by atoms with van der Waals surface area (Å²) in [5.74, 6) is 0. The maximum Gasteiger partial charge on any atom is 0.0807 e. The topological polar surface area (TPSA) is 30.5 Å². The van der Waals surface area contributed by atoms with E-state index in [1.807, 2.05) is 0 Å². The van der Waals surface area contributed by atoms with Crippen molar-refractivity contribution in [2.24, 2.45) is 0 Å². The molecular formula is C17H35NO2. The largest absolute Gasteiger partial charge is 0.379 e. The Hall–Kier alpha value is -0.120. The van der Waals surface area contributed by atoms with E-state index in [1.54, 1.807) is 0 Å². The second-order valence-electron chi connectivity index (χ2n) is 6.09. The standard InChI is InChI=1S/C17H35NO2/c1-3-5-13-19-14-15-20-17(16-18-12-4-2)10-8-6-7-9-11-17/h18H,3-16H2,1-2H3. The second kappa shape index (κ2) is 11.5. The van der Waals surface area contributed by atoms with Crippen molar-refractivity contribution in [2.75, 3.05) is 32.9 Å². The van der Waals surface area contributed by atoms with Gasteiger partial charge in [-0.1, -0.05) is 46.0 Å². The van der Waals surface area contributed by atoms with Crippen LogP contribution in [0.4, 0.5) is 0 Å². The van der Waals surface area contributed by atoms with Gasteiger partial charge in [0.1, 0.15) is 0 Å². The zero-order valence-electron chi connectivity index (χ0n) is 13.7. The van der Waals surface area contributed by atoms with Crippen LogP contribution in [0.2, 0.25) is 0 Å². The van der Waals surface area contributed by atoms with Crippen molar-refractivity contribution in [3.05, 3.63) is 0 Å². The maximum absolute atomic E-state index is 6.29. The molecule has 0 atom stereocenters. The molecule has 1 aliphatic rings. The van der Waals surface area contributed by atoms with E-state index in [0.29, 0.717) is 0 Å². The highest BCUT2D eigenvalue weighted by atomic mass is 16.5. The van der Waals surface area contributed by atoms with Gasteiger partial charge < -0.3 is 14.8 Å². The average molecular weight is 285 g/mol. The number of hydrogen-bond acceptors (Lipinski definition) is 3. The van der Waals surface area contributed by atoms with Crippen molar-refractivity contribution >= 4 is 0 Å². The summed E-state index contributed by atoms with van der Waals surface area (Å²) in [5.41, 5.74) is 0.0692. The zero-order valence-corrected chi connectivity index (χ0v) is 13.7. The van der Waals surface area contributed by atoms with Crippen LogP contribution < -0.4 is 5.32 Å². The molecule has 0 heterocycles. The Morgan fingerprint density at radius 3 is 2.30 bits per heavy atom. The van der Waals surface area contributed by atoms with Gasteiger partial charge in [-0.05, 0) is 32.2 Å². The van der Waals surface area contributed by atoms with E-state index in [-0.39, 0.29) is 5.60 Å². The molecule has 20 heavy (non-hydrogen) atoms. The Labute approximate surface area is 125 Å². The summed E-state index contributed by atoms with van der Waals surface area (Å²) in [5, 5.41) is 3.57. The number of unbranched alkanes of at least 4 members (excludes halogenated alkanes) is 1. The molecule has 0 bridgehead atoms. The number of ether oxygens (including phenoxy) is 2. The first kappa shape index (κ1) is 17.9.